The van der Waals surface area contributed by atoms with Gasteiger partial charge in [0, 0.05) is 6.61 Å². The topological polar surface area (TPSA) is 99.4 Å². The number of hydrogen-bond acceptors (Lipinski definition) is 6. The highest BCUT2D eigenvalue weighted by Crippen LogP contribution is 2.22. The van der Waals surface area contributed by atoms with Crippen LogP contribution >= 0.6 is 0 Å². The molecule has 0 spiro atoms. The minimum absolute atomic E-state index is 0.425. The van der Waals surface area contributed by atoms with Crippen molar-refractivity contribution in [1.29, 1.82) is 0 Å². The Kier molecular flexibility index (Phi) is 8.60. The number of aliphatic hydroxyl groups excluding tert-OH is 4. The first kappa shape index (κ1) is 17.8. The molecule has 0 saturated carbocycles. The first-order chi connectivity index (χ1) is 9.61. The average Bonchev–Trinajstić information content (AvgIpc) is 2.46. The van der Waals surface area contributed by atoms with Crippen LogP contribution in [0.1, 0.15) is 45.4 Å². The van der Waals surface area contributed by atoms with Gasteiger partial charge >= 0.3 is 0 Å². The summed E-state index contributed by atoms with van der Waals surface area (Å²) < 4.78 is 10.6. The van der Waals surface area contributed by atoms with Crippen LogP contribution in [0.25, 0.3) is 0 Å². The molecule has 0 aromatic rings. The van der Waals surface area contributed by atoms with Crippen LogP contribution in [-0.4, -0.2) is 64.3 Å². The second-order valence-corrected chi connectivity index (χ2v) is 5.34. The van der Waals surface area contributed by atoms with Crippen molar-refractivity contribution in [3.8, 4) is 0 Å². The Morgan fingerprint density at radius 2 is 1.55 bits per heavy atom. The SMILES string of the molecule is CCCCCCCCO[C@@H]1OC(CO)C(O)C(O)C1O. The van der Waals surface area contributed by atoms with Crippen molar-refractivity contribution < 1.29 is 29.9 Å². The van der Waals surface area contributed by atoms with Gasteiger partial charge in [-0.2, -0.15) is 0 Å². The zero-order valence-electron chi connectivity index (χ0n) is 12.1. The predicted octanol–water partition coefficient (Wildman–Crippen LogP) is 0.163. The molecule has 0 aromatic carbocycles. The van der Waals surface area contributed by atoms with Gasteiger partial charge in [-0.25, -0.2) is 0 Å². The summed E-state index contributed by atoms with van der Waals surface area (Å²) in [6.07, 6.45) is 0.851. The van der Waals surface area contributed by atoms with Gasteiger partial charge in [0.05, 0.1) is 6.61 Å². The van der Waals surface area contributed by atoms with Crippen molar-refractivity contribution in [2.75, 3.05) is 13.2 Å². The monoisotopic (exact) mass is 292 g/mol. The normalized spacial score (nSPS) is 34.4. The van der Waals surface area contributed by atoms with Gasteiger partial charge in [-0.15, -0.1) is 0 Å². The van der Waals surface area contributed by atoms with Crippen molar-refractivity contribution in [3.05, 3.63) is 0 Å². The molecule has 6 heteroatoms. The number of ether oxygens (including phenoxy) is 2. The Balaban J connectivity index is 2.21. The average molecular weight is 292 g/mol. The van der Waals surface area contributed by atoms with Crippen LogP contribution in [0, 0.1) is 0 Å². The van der Waals surface area contributed by atoms with Gasteiger partial charge < -0.3 is 29.9 Å². The van der Waals surface area contributed by atoms with Crippen LogP contribution in [0.4, 0.5) is 0 Å². The fraction of sp³-hybridized carbons (Fsp3) is 1.00. The third-order valence-corrected chi connectivity index (χ3v) is 3.63. The van der Waals surface area contributed by atoms with Gasteiger partial charge in [-0.05, 0) is 6.42 Å². The van der Waals surface area contributed by atoms with E-state index in [-0.39, 0.29) is 0 Å². The van der Waals surface area contributed by atoms with Crippen LogP contribution in [0.2, 0.25) is 0 Å². The van der Waals surface area contributed by atoms with E-state index in [0.717, 1.165) is 19.3 Å². The van der Waals surface area contributed by atoms with Crippen LogP contribution in [0.15, 0.2) is 0 Å². The van der Waals surface area contributed by atoms with Crippen molar-refractivity contribution in [2.24, 2.45) is 0 Å². The molecule has 0 aliphatic carbocycles. The van der Waals surface area contributed by atoms with Gasteiger partial charge in [0.2, 0.25) is 0 Å². The summed E-state index contributed by atoms with van der Waals surface area (Å²) in [5.74, 6) is 0. The molecule has 0 amide bonds. The van der Waals surface area contributed by atoms with E-state index in [0.29, 0.717) is 6.61 Å². The molecule has 1 fully saturated rings. The van der Waals surface area contributed by atoms with Crippen molar-refractivity contribution in [3.63, 3.8) is 0 Å². The fourth-order valence-electron chi connectivity index (χ4n) is 2.29. The molecule has 4 unspecified atom stereocenters. The maximum Gasteiger partial charge on any atom is 0.186 e. The van der Waals surface area contributed by atoms with Gasteiger partial charge in [-0.1, -0.05) is 39.0 Å². The van der Waals surface area contributed by atoms with E-state index in [1.54, 1.807) is 0 Å². The number of rotatable bonds is 9. The molecule has 6 nitrogen and oxygen atoms in total. The molecular formula is C14H28O6. The van der Waals surface area contributed by atoms with E-state index in [1.165, 1.54) is 19.3 Å². The lowest BCUT2D eigenvalue weighted by Gasteiger charge is -2.39. The van der Waals surface area contributed by atoms with E-state index >= 15 is 0 Å². The minimum Gasteiger partial charge on any atom is -0.394 e. The summed E-state index contributed by atoms with van der Waals surface area (Å²) in [6, 6.07) is 0. The second kappa shape index (κ2) is 9.65. The Hall–Kier alpha value is -0.240. The summed E-state index contributed by atoms with van der Waals surface area (Å²) in [7, 11) is 0. The zero-order chi connectivity index (χ0) is 15.0. The molecule has 0 bridgehead atoms. The highest BCUT2D eigenvalue weighted by atomic mass is 16.7. The molecule has 0 aromatic heterocycles. The zero-order valence-corrected chi connectivity index (χ0v) is 12.1. The third kappa shape index (κ3) is 5.27. The summed E-state index contributed by atoms with van der Waals surface area (Å²) >= 11 is 0. The van der Waals surface area contributed by atoms with Crippen LogP contribution in [0.5, 0.6) is 0 Å². The first-order valence-electron chi connectivity index (χ1n) is 7.54. The maximum atomic E-state index is 9.75. The molecule has 1 rings (SSSR count). The van der Waals surface area contributed by atoms with E-state index in [2.05, 4.69) is 6.92 Å². The van der Waals surface area contributed by atoms with Gasteiger partial charge in [0.1, 0.15) is 24.4 Å². The molecule has 1 aliphatic heterocycles. The van der Waals surface area contributed by atoms with E-state index in [9.17, 15) is 15.3 Å². The molecule has 20 heavy (non-hydrogen) atoms. The summed E-state index contributed by atoms with van der Waals surface area (Å²) in [5, 5.41) is 38.0. The number of aliphatic hydroxyl groups is 4. The first-order valence-corrected chi connectivity index (χ1v) is 7.54. The smallest absolute Gasteiger partial charge is 0.186 e. The highest BCUT2D eigenvalue weighted by molar-refractivity contribution is 4.88. The molecule has 1 heterocycles. The van der Waals surface area contributed by atoms with Gasteiger partial charge in [0.15, 0.2) is 6.29 Å². The van der Waals surface area contributed by atoms with Crippen LogP contribution < -0.4 is 0 Å². The second-order valence-electron chi connectivity index (χ2n) is 5.34. The van der Waals surface area contributed by atoms with Gasteiger partial charge in [0.25, 0.3) is 0 Å². The van der Waals surface area contributed by atoms with Crippen LogP contribution in [0.3, 0.4) is 0 Å². The summed E-state index contributed by atoms with van der Waals surface area (Å²) in [4.78, 5) is 0. The quantitative estimate of drug-likeness (QED) is 0.452. The van der Waals surface area contributed by atoms with Crippen molar-refractivity contribution in [1.82, 2.24) is 0 Å². The third-order valence-electron chi connectivity index (χ3n) is 3.63. The number of unbranched alkanes of at least 4 members (excludes halogenated alkanes) is 5. The van der Waals surface area contributed by atoms with E-state index in [1.807, 2.05) is 0 Å². The van der Waals surface area contributed by atoms with Crippen molar-refractivity contribution >= 4 is 0 Å². The molecule has 1 saturated heterocycles. The Morgan fingerprint density at radius 1 is 0.900 bits per heavy atom. The molecule has 4 N–H and O–H groups in total. The lowest BCUT2D eigenvalue weighted by Crippen LogP contribution is -2.59. The van der Waals surface area contributed by atoms with E-state index in [4.69, 9.17) is 14.6 Å². The summed E-state index contributed by atoms with van der Waals surface area (Å²) in [6.45, 7) is 2.17. The molecular weight excluding hydrogens is 264 g/mol. The lowest BCUT2D eigenvalue weighted by atomic mass is 9.99. The Morgan fingerprint density at radius 3 is 2.20 bits per heavy atom. The Bertz CT molecular complexity index is 248. The Labute approximate surface area is 120 Å². The van der Waals surface area contributed by atoms with E-state index < -0.39 is 37.3 Å². The van der Waals surface area contributed by atoms with Crippen LogP contribution in [-0.2, 0) is 9.47 Å². The fourth-order valence-corrected chi connectivity index (χ4v) is 2.29. The number of hydrogen-bond donors (Lipinski definition) is 4. The molecule has 0 radical (unpaired) electrons. The maximum absolute atomic E-state index is 9.75. The predicted molar refractivity (Wildman–Crippen MR) is 73.1 cm³/mol. The molecule has 1 aliphatic rings. The van der Waals surface area contributed by atoms with Gasteiger partial charge in [-0.3, -0.25) is 0 Å². The molecule has 5 atom stereocenters. The summed E-state index contributed by atoms with van der Waals surface area (Å²) in [5.41, 5.74) is 0. The largest absolute Gasteiger partial charge is 0.394 e. The lowest BCUT2D eigenvalue weighted by molar-refractivity contribution is -0.301. The molecule has 120 valence electrons. The highest BCUT2D eigenvalue weighted by Gasteiger charge is 2.43. The van der Waals surface area contributed by atoms with Crippen molar-refractivity contribution in [2.45, 2.75) is 76.2 Å². The standard InChI is InChI=1S/C14H28O6/c1-2-3-4-5-6-7-8-19-14-13(18)12(17)11(16)10(9-15)20-14/h10-18H,2-9H2,1H3/t10?,11?,12?,13?,14-/m1/s1. The minimum atomic E-state index is -1.37.